The number of carbonyl (C=O) groups is 3. The van der Waals surface area contributed by atoms with Crippen molar-refractivity contribution in [1.82, 2.24) is 9.80 Å². The fraction of sp³-hybridized carbons (Fsp3) is 0.375. The fourth-order valence-electron chi connectivity index (χ4n) is 3.70. The summed E-state index contributed by atoms with van der Waals surface area (Å²) in [6.07, 6.45) is 1.21. The molecule has 1 aliphatic heterocycles. The Labute approximate surface area is 188 Å². The Balaban J connectivity index is 1.65. The molecule has 1 fully saturated rings. The molecular formula is C24H29N3O3S. The van der Waals surface area contributed by atoms with E-state index in [-0.39, 0.29) is 23.7 Å². The number of anilines is 1. The number of thioether (sulfide) groups is 1. The molecule has 2 aromatic rings. The summed E-state index contributed by atoms with van der Waals surface area (Å²) in [4.78, 5) is 43.3. The van der Waals surface area contributed by atoms with E-state index >= 15 is 0 Å². The summed E-state index contributed by atoms with van der Waals surface area (Å²) in [7, 11) is 0. The van der Waals surface area contributed by atoms with Crippen LogP contribution in [0.25, 0.3) is 0 Å². The lowest BCUT2D eigenvalue weighted by Crippen LogP contribution is -2.33. The van der Waals surface area contributed by atoms with Crippen LogP contribution >= 0.6 is 11.8 Å². The Morgan fingerprint density at radius 1 is 0.968 bits per heavy atom. The number of amides is 4. The fourth-order valence-corrected chi connectivity index (χ4v) is 4.60. The van der Waals surface area contributed by atoms with Crippen molar-refractivity contribution in [3.05, 3.63) is 66.2 Å². The standard InChI is InChI=1S/C24H29N3O3S/c1-3-25(4-2)21(28)16-11-17-31-18-26-23(29)22(19-12-7-5-8-13-19)27(24(26)30)20-14-9-6-10-15-20/h5-10,12-15,22H,3-4,11,16-18H2,1-2H3. The van der Waals surface area contributed by atoms with Gasteiger partial charge in [-0.1, -0.05) is 48.5 Å². The van der Waals surface area contributed by atoms with Crippen molar-refractivity contribution >= 4 is 35.3 Å². The normalized spacial score (nSPS) is 16.1. The van der Waals surface area contributed by atoms with Gasteiger partial charge in [-0.25, -0.2) is 4.79 Å². The number of hydrogen-bond acceptors (Lipinski definition) is 4. The Kier molecular flexibility index (Phi) is 8.12. The first-order valence-electron chi connectivity index (χ1n) is 10.7. The number of nitrogens with zero attached hydrogens (tertiary/aromatic N) is 3. The van der Waals surface area contributed by atoms with Crippen LogP contribution < -0.4 is 4.90 Å². The number of carbonyl (C=O) groups excluding carboxylic acids is 3. The van der Waals surface area contributed by atoms with Gasteiger partial charge in [0.05, 0.1) is 5.88 Å². The van der Waals surface area contributed by atoms with E-state index in [1.165, 1.54) is 16.7 Å². The highest BCUT2D eigenvalue weighted by molar-refractivity contribution is 7.99. The molecule has 1 saturated heterocycles. The number of urea groups is 1. The average Bonchev–Trinajstić information content (AvgIpc) is 3.05. The van der Waals surface area contributed by atoms with Crippen molar-refractivity contribution in [3.63, 3.8) is 0 Å². The molecule has 0 N–H and O–H groups in total. The number of benzene rings is 2. The third kappa shape index (κ3) is 5.28. The van der Waals surface area contributed by atoms with Crippen LogP contribution in [0.1, 0.15) is 38.3 Å². The van der Waals surface area contributed by atoms with Gasteiger partial charge in [0.15, 0.2) is 0 Å². The van der Waals surface area contributed by atoms with E-state index in [0.717, 1.165) is 25.1 Å². The first kappa shape index (κ1) is 22.9. The summed E-state index contributed by atoms with van der Waals surface area (Å²) in [5.41, 5.74) is 1.49. The van der Waals surface area contributed by atoms with Crippen molar-refractivity contribution in [1.29, 1.82) is 0 Å². The van der Waals surface area contributed by atoms with Crippen LogP contribution in [0.5, 0.6) is 0 Å². The lowest BCUT2D eigenvalue weighted by molar-refractivity contribution is -0.131. The Hall–Kier alpha value is -2.80. The maximum atomic E-state index is 13.2. The number of imide groups is 1. The van der Waals surface area contributed by atoms with Gasteiger partial charge in [-0.3, -0.25) is 19.4 Å². The van der Waals surface area contributed by atoms with Crippen molar-refractivity contribution in [2.24, 2.45) is 0 Å². The molecule has 2 aromatic carbocycles. The molecule has 3 rings (SSSR count). The number of hydrogen-bond donors (Lipinski definition) is 0. The molecule has 6 nitrogen and oxygen atoms in total. The molecule has 1 aliphatic rings. The van der Waals surface area contributed by atoms with Crippen molar-refractivity contribution in [2.75, 3.05) is 29.6 Å². The van der Waals surface area contributed by atoms with Gasteiger partial charge in [-0.05, 0) is 43.7 Å². The largest absolute Gasteiger partial charge is 0.343 e. The minimum Gasteiger partial charge on any atom is -0.343 e. The quantitative estimate of drug-likeness (QED) is 0.403. The third-order valence-corrected chi connectivity index (χ3v) is 6.38. The molecule has 0 aliphatic carbocycles. The summed E-state index contributed by atoms with van der Waals surface area (Å²) < 4.78 is 0. The van der Waals surface area contributed by atoms with E-state index in [9.17, 15) is 14.4 Å². The second-order valence-electron chi connectivity index (χ2n) is 7.27. The smallest absolute Gasteiger partial charge is 0.333 e. The van der Waals surface area contributed by atoms with E-state index < -0.39 is 6.04 Å². The maximum absolute atomic E-state index is 13.2. The van der Waals surface area contributed by atoms with Crippen molar-refractivity contribution in [2.45, 2.75) is 32.7 Å². The highest BCUT2D eigenvalue weighted by Crippen LogP contribution is 2.36. The zero-order chi connectivity index (χ0) is 22.2. The molecule has 31 heavy (non-hydrogen) atoms. The van der Waals surface area contributed by atoms with Crippen molar-refractivity contribution in [3.8, 4) is 0 Å². The predicted molar refractivity (Wildman–Crippen MR) is 125 cm³/mol. The minimum absolute atomic E-state index is 0.151. The van der Waals surface area contributed by atoms with Gasteiger partial charge in [0.1, 0.15) is 6.04 Å². The lowest BCUT2D eigenvalue weighted by atomic mass is 10.1. The van der Waals surface area contributed by atoms with Crippen LogP contribution in [0.15, 0.2) is 60.7 Å². The molecule has 0 spiro atoms. The minimum atomic E-state index is -0.666. The molecule has 1 unspecified atom stereocenters. The number of rotatable bonds is 10. The third-order valence-electron chi connectivity index (χ3n) is 5.36. The van der Waals surface area contributed by atoms with Crippen LogP contribution in [0.3, 0.4) is 0 Å². The molecular weight excluding hydrogens is 410 g/mol. The second kappa shape index (κ2) is 11.0. The van der Waals surface area contributed by atoms with Crippen LogP contribution in [-0.4, -0.2) is 52.4 Å². The molecule has 1 heterocycles. The Bertz CT molecular complexity index is 830. The molecule has 0 radical (unpaired) electrons. The van der Waals surface area contributed by atoms with E-state index in [0.29, 0.717) is 17.9 Å². The highest BCUT2D eigenvalue weighted by atomic mass is 32.2. The first-order chi connectivity index (χ1) is 15.1. The predicted octanol–water partition coefficient (Wildman–Crippen LogP) is 4.54. The van der Waals surface area contributed by atoms with Gasteiger partial charge in [-0.15, -0.1) is 11.8 Å². The lowest BCUT2D eigenvalue weighted by Gasteiger charge is -2.22. The van der Waals surface area contributed by atoms with Gasteiger partial charge in [0.25, 0.3) is 5.91 Å². The summed E-state index contributed by atoms with van der Waals surface area (Å²) in [6.45, 7) is 5.38. The number of para-hydroxylation sites is 1. The zero-order valence-corrected chi connectivity index (χ0v) is 18.9. The SMILES string of the molecule is CCN(CC)C(=O)CCCSCN1C(=O)C(c2ccccc2)N(c2ccccc2)C1=O. The second-order valence-corrected chi connectivity index (χ2v) is 8.35. The molecule has 0 aromatic heterocycles. The summed E-state index contributed by atoms with van der Waals surface area (Å²) in [6, 6.07) is 17.7. The zero-order valence-electron chi connectivity index (χ0n) is 18.1. The maximum Gasteiger partial charge on any atom is 0.333 e. The van der Waals surface area contributed by atoms with Crippen LogP contribution in [0, 0.1) is 0 Å². The van der Waals surface area contributed by atoms with E-state index in [1.54, 1.807) is 4.90 Å². The van der Waals surface area contributed by atoms with Gasteiger partial charge < -0.3 is 4.90 Å². The molecule has 0 saturated carbocycles. The Morgan fingerprint density at radius 3 is 2.19 bits per heavy atom. The first-order valence-corrected chi connectivity index (χ1v) is 11.8. The highest BCUT2D eigenvalue weighted by Gasteiger charge is 2.46. The van der Waals surface area contributed by atoms with Crippen LogP contribution in [0.4, 0.5) is 10.5 Å². The van der Waals surface area contributed by atoms with Gasteiger partial charge in [0, 0.05) is 25.2 Å². The molecule has 1 atom stereocenters. The van der Waals surface area contributed by atoms with Crippen LogP contribution in [-0.2, 0) is 9.59 Å². The molecule has 7 heteroatoms. The molecule has 0 bridgehead atoms. The van der Waals surface area contributed by atoms with Crippen LogP contribution in [0.2, 0.25) is 0 Å². The van der Waals surface area contributed by atoms with Gasteiger partial charge in [0.2, 0.25) is 5.91 Å². The van der Waals surface area contributed by atoms with E-state index in [1.807, 2.05) is 79.4 Å². The van der Waals surface area contributed by atoms with E-state index in [4.69, 9.17) is 0 Å². The van der Waals surface area contributed by atoms with Gasteiger partial charge >= 0.3 is 6.03 Å². The van der Waals surface area contributed by atoms with Gasteiger partial charge in [-0.2, -0.15) is 0 Å². The average molecular weight is 440 g/mol. The molecule has 4 amide bonds. The van der Waals surface area contributed by atoms with E-state index in [2.05, 4.69) is 0 Å². The Morgan fingerprint density at radius 2 is 1.58 bits per heavy atom. The topological polar surface area (TPSA) is 60.9 Å². The molecule has 164 valence electrons. The monoisotopic (exact) mass is 439 g/mol. The summed E-state index contributed by atoms with van der Waals surface area (Å²) >= 11 is 1.51. The summed E-state index contributed by atoms with van der Waals surface area (Å²) in [5, 5.41) is 0. The van der Waals surface area contributed by atoms with Crippen molar-refractivity contribution < 1.29 is 14.4 Å². The summed E-state index contributed by atoms with van der Waals surface area (Å²) in [5.74, 6) is 0.931.